The molecule has 126 valence electrons. The van der Waals surface area contributed by atoms with Crippen LogP contribution in [0.3, 0.4) is 0 Å². The van der Waals surface area contributed by atoms with Crippen molar-refractivity contribution in [3.05, 3.63) is 16.5 Å². The van der Waals surface area contributed by atoms with Crippen molar-refractivity contribution in [2.45, 2.75) is 36.1 Å². The summed E-state index contributed by atoms with van der Waals surface area (Å²) in [7, 11) is -3.68. The Bertz CT molecular complexity index is 607. The lowest BCUT2D eigenvalue weighted by molar-refractivity contribution is -0.121. The summed E-state index contributed by atoms with van der Waals surface area (Å²) in [6, 6.07) is 3.15. The second kappa shape index (κ2) is 8.47. The normalized spacial score (nSPS) is 21.9. The summed E-state index contributed by atoms with van der Waals surface area (Å²) >= 11 is 6.67. The predicted molar refractivity (Wildman–Crippen MR) is 90.4 cm³/mol. The summed E-state index contributed by atoms with van der Waals surface area (Å²) in [5, 5.41) is 6.12. The number of hydrogen-bond donors (Lipinski definition) is 3. The smallest absolute Gasteiger partial charge is 0.250 e. The molecule has 3 N–H and O–H groups in total. The van der Waals surface area contributed by atoms with E-state index in [2.05, 4.69) is 15.4 Å². The van der Waals surface area contributed by atoms with E-state index in [0.717, 1.165) is 30.7 Å². The summed E-state index contributed by atoms with van der Waals surface area (Å²) in [4.78, 5) is 11.9. The van der Waals surface area contributed by atoms with Crippen LogP contribution in [0.15, 0.2) is 16.3 Å². The van der Waals surface area contributed by atoms with Crippen molar-refractivity contribution in [3.8, 4) is 0 Å². The fourth-order valence-corrected chi connectivity index (χ4v) is 4.68. The topological polar surface area (TPSA) is 87.3 Å². The third-order valence-electron chi connectivity index (χ3n) is 3.34. The largest absolute Gasteiger partial charge is 0.351 e. The van der Waals surface area contributed by atoms with Crippen LogP contribution in [0.25, 0.3) is 0 Å². The van der Waals surface area contributed by atoms with Gasteiger partial charge in [0.05, 0.1) is 10.9 Å². The van der Waals surface area contributed by atoms with Crippen molar-refractivity contribution in [2.24, 2.45) is 0 Å². The molecule has 22 heavy (non-hydrogen) atoms. The number of carbonyl (C=O) groups excluding carboxylic acids is 1. The third-order valence-corrected chi connectivity index (χ3v) is 6.47. The second-order valence-corrected chi connectivity index (χ2v) is 8.65. The molecule has 1 amide bonds. The quantitative estimate of drug-likeness (QED) is 0.711. The van der Waals surface area contributed by atoms with Crippen LogP contribution in [0, 0.1) is 0 Å². The van der Waals surface area contributed by atoms with Gasteiger partial charge in [0.15, 0.2) is 0 Å². The SMILES string of the molecule is CC1NCCCC1NC(=O)CNS(=O)(=O)c1ccc(Cl)s1.Cl. The van der Waals surface area contributed by atoms with Crippen LogP contribution in [0.1, 0.15) is 19.8 Å². The number of nitrogens with one attached hydrogen (secondary N) is 3. The van der Waals surface area contributed by atoms with Gasteiger partial charge in [-0.2, -0.15) is 0 Å². The first kappa shape index (κ1) is 19.7. The van der Waals surface area contributed by atoms with E-state index < -0.39 is 10.0 Å². The Morgan fingerprint density at radius 3 is 2.82 bits per heavy atom. The molecule has 0 aromatic carbocycles. The number of sulfonamides is 1. The zero-order chi connectivity index (χ0) is 15.5. The number of thiophene rings is 1. The maximum absolute atomic E-state index is 12.0. The molecule has 0 spiro atoms. The van der Waals surface area contributed by atoms with Crippen LogP contribution < -0.4 is 15.4 Å². The highest BCUT2D eigenvalue weighted by Crippen LogP contribution is 2.25. The zero-order valence-corrected chi connectivity index (χ0v) is 15.2. The fourth-order valence-electron chi connectivity index (χ4n) is 2.17. The van der Waals surface area contributed by atoms with E-state index in [-0.39, 0.29) is 41.2 Å². The maximum atomic E-state index is 12.0. The molecule has 1 aliphatic rings. The van der Waals surface area contributed by atoms with Gasteiger partial charge < -0.3 is 10.6 Å². The standard InChI is InChI=1S/C12H18ClN3O3S2.ClH/c1-8-9(3-2-6-14-8)16-11(17)7-15-21(18,19)12-5-4-10(13)20-12;/h4-5,8-9,14-15H,2-3,6-7H2,1H3,(H,16,17);1H. The summed E-state index contributed by atoms with van der Waals surface area (Å²) in [5.41, 5.74) is 0. The molecule has 2 atom stereocenters. The van der Waals surface area contributed by atoms with E-state index in [1.807, 2.05) is 6.92 Å². The number of carbonyl (C=O) groups is 1. The molecule has 0 saturated carbocycles. The highest BCUT2D eigenvalue weighted by atomic mass is 35.5. The highest BCUT2D eigenvalue weighted by Gasteiger charge is 2.23. The van der Waals surface area contributed by atoms with Gasteiger partial charge in [-0.25, -0.2) is 13.1 Å². The van der Waals surface area contributed by atoms with Gasteiger partial charge in [-0.05, 0) is 38.4 Å². The number of hydrogen-bond acceptors (Lipinski definition) is 5. The predicted octanol–water partition coefficient (Wildman–Crippen LogP) is 1.36. The molecule has 1 aliphatic heterocycles. The van der Waals surface area contributed by atoms with Crippen LogP contribution >= 0.6 is 35.3 Å². The van der Waals surface area contributed by atoms with Crippen molar-refractivity contribution in [1.29, 1.82) is 0 Å². The van der Waals surface area contributed by atoms with E-state index in [9.17, 15) is 13.2 Å². The average molecular weight is 388 g/mol. The molecule has 1 saturated heterocycles. The van der Waals surface area contributed by atoms with Crippen molar-refractivity contribution in [2.75, 3.05) is 13.1 Å². The third kappa shape index (κ3) is 5.36. The number of halogens is 2. The Morgan fingerprint density at radius 1 is 1.50 bits per heavy atom. The van der Waals surface area contributed by atoms with Gasteiger partial charge in [-0.3, -0.25) is 4.79 Å². The Morgan fingerprint density at radius 2 is 2.23 bits per heavy atom. The van der Waals surface area contributed by atoms with Crippen molar-refractivity contribution < 1.29 is 13.2 Å². The summed E-state index contributed by atoms with van der Waals surface area (Å²) in [6.07, 6.45) is 1.89. The van der Waals surface area contributed by atoms with E-state index in [0.29, 0.717) is 4.34 Å². The minimum Gasteiger partial charge on any atom is -0.351 e. The van der Waals surface area contributed by atoms with E-state index in [1.165, 1.54) is 12.1 Å². The Kier molecular flexibility index (Phi) is 7.57. The Balaban J connectivity index is 0.00000242. The first-order chi connectivity index (χ1) is 9.88. The molecule has 1 aromatic rings. The van der Waals surface area contributed by atoms with Gasteiger partial charge >= 0.3 is 0 Å². The molecule has 1 aromatic heterocycles. The molecule has 0 radical (unpaired) electrons. The fraction of sp³-hybridized carbons (Fsp3) is 0.583. The molecule has 6 nitrogen and oxygen atoms in total. The lowest BCUT2D eigenvalue weighted by Crippen LogP contribution is -2.53. The molecular weight excluding hydrogens is 369 g/mol. The van der Waals surface area contributed by atoms with Gasteiger partial charge in [-0.15, -0.1) is 23.7 Å². The monoisotopic (exact) mass is 387 g/mol. The van der Waals surface area contributed by atoms with Crippen LogP contribution in [-0.2, 0) is 14.8 Å². The van der Waals surface area contributed by atoms with E-state index in [1.54, 1.807) is 0 Å². The van der Waals surface area contributed by atoms with Crippen LogP contribution in [-0.4, -0.2) is 39.5 Å². The Labute approximate surface area is 145 Å². The molecule has 0 bridgehead atoms. The molecule has 2 rings (SSSR count). The second-order valence-electron chi connectivity index (χ2n) is 4.94. The van der Waals surface area contributed by atoms with E-state index >= 15 is 0 Å². The zero-order valence-electron chi connectivity index (χ0n) is 12.0. The Hall–Kier alpha value is -0.380. The first-order valence-corrected chi connectivity index (χ1v) is 9.34. The summed E-state index contributed by atoms with van der Waals surface area (Å²) in [6.45, 7) is 2.67. The average Bonchev–Trinajstić information content (AvgIpc) is 2.87. The molecule has 2 heterocycles. The van der Waals surface area contributed by atoms with Crippen molar-refractivity contribution in [3.63, 3.8) is 0 Å². The molecule has 2 unspecified atom stereocenters. The van der Waals surface area contributed by atoms with Crippen LogP contribution in [0.2, 0.25) is 4.34 Å². The summed E-state index contributed by atoms with van der Waals surface area (Å²) in [5.74, 6) is -0.332. The summed E-state index contributed by atoms with van der Waals surface area (Å²) < 4.78 is 26.7. The minimum atomic E-state index is -3.68. The lowest BCUT2D eigenvalue weighted by Gasteiger charge is -2.30. The van der Waals surface area contributed by atoms with Gasteiger partial charge in [0.2, 0.25) is 5.91 Å². The van der Waals surface area contributed by atoms with Crippen LogP contribution in [0.4, 0.5) is 0 Å². The minimum absolute atomic E-state index is 0. The van der Waals surface area contributed by atoms with E-state index in [4.69, 9.17) is 11.6 Å². The van der Waals surface area contributed by atoms with Crippen molar-refractivity contribution in [1.82, 2.24) is 15.4 Å². The highest BCUT2D eigenvalue weighted by molar-refractivity contribution is 7.91. The maximum Gasteiger partial charge on any atom is 0.250 e. The molecule has 10 heteroatoms. The van der Waals surface area contributed by atoms with Crippen LogP contribution in [0.5, 0.6) is 0 Å². The van der Waals surface area contributed by atoms with Gasteiger partial charge in [0.1, 0.15) is 4.21 Å². The van der Waals surface area contributed by atoms with Gasteiger partial charge in [0, 0.05) is 12.1 Å². The number of piperidine rings is 1. The molecule has 1 fully saturated rings. The van der Waals surface area contributed by atoms with Gasteiger partial charge in [-0.1, -0.05) is 11.6 Å². The molecular formula is C12H19Cl2N3O3S2. The van der Waals surface area contributed by atoms with Crippen molar-refractivity contribution >= 4 is 51.3 Å². The first-order valence-electron chi connectivity index (χ1n) is 6.66. The molecule has 0 aliphatic carbocycles. The number of rotatable bonds is 5. The lowest BCUT2D eigenvalue weighted by atomic mass is 10.00. The van der Waals surface area contributed by atoms with Gasteiger partial charge in [0.25, 0.3) is 10.0 Å². The number of amides is 1.